The standard InChI is InChI=1S/C15H19FN2O2/c1-18(2)9-8-17-15(20)14-7-6-13(16)11-12(14)5-3-4-10-19/h6-7,11,19H,4,8-10H2,1-2H3,(H,17,20). The van der Waals surface area contributed by atoms with Gasteiger partial charge in [-0.1, -0.05) is 11.8 Å². The number of hydrogen-bond acceptors (Lipinski definition) is 3. The van der Waals surface area contributed by atoms with Gasteiger partial charge in [-0.25, -0.2) is 4.39 Å². The SMILES string of the molecule is CN(C)CCNC(=O)c1ccc(F)cc1C#CCCO. The molecule has 0 atom stereocenters. The molecule has 108 valence electrons. The lowest BCUT2D eigenvalue weighted by molar-refractivity contribution is 0.0951. The predicted molar refractivity (Wildman–Crippen MR) is 75.9 cm³/mol. The van der Waals surface area contributed by atoms with Gasteiger partial charge in [0.05, 0.1) is 12.2 Å². The fourth-order valence-corrected chi connectivity index (χ4v) is 1.52. The van der Waals surface area contributed by atoms with Crippen LogP contribution in [0.25, 0.3) is 0 Å². The number of halogens is 1. The van der Waals surface area contributed by atoms with Gasteiger partial charge in [-0.3, -0.25) is 4.79 Å². The van der Waals surface area contributed by atoms with Gasteiger partial charge in [0, 0.05) is 25.1 Å². The van der Waals surface area contributed by atoms with Crippen molar-refractivity contribution < 1.29 is 14.3 Å². The zero-order chi connectivity index (χ0) is 15.0. The highest BCUT2D eigenvalue weighted by atomic mass is 19.1. The van der Waals surface area contributed by atoms with E-state index >= 15 is 0 Å². The molecule has 0 spiro atoms. The Labute approximate surface area is 118 Å². The molecule has 20 heavy (non-hydrogen) atoms. The number of likely N-dealkylation sites (N-methyl/N-ethyl adjacent to an activating group) is 1. The van der Waals surface area contributed by atoms with Crippen molar-refractivity contribution in [1.29, 1.82) is 0 Å². The quantitative estimate of drug-likeness (QED) is 0.785. The molecule has 0 bridgehead atoms. The molecule has 0 aliphatic rings. The van der Waals surface area contributed by atoms with Crippen molar-refractivity contribution in [3.05, 3.63) is 35.1 Å². The summed E-state index contributed by atoms with van der Waals surface area (Å²) in [5, 5.41) is 11.4. The van der Waals surface area contributed by atoms with Crippen LogP contribution in [0.3, 0.4) is 0 Å². The Kier molecular flexibility index (Phi) is 6.71. The minimum absolute atomic E-state index is 0.0628. The first-order chi connectivity index (χ1) is 9.54. The van der Waals surface area contributed by atoms with Crippen LogP contribution in [0, 0.1) is 17.7 Å². The molecule has 0 aromatic heterocycles. The van der Waals surface area contributed by atoms with Crippen molar-refractivity contribution in [3.8, 4) is 11.8 Å². The van der Waals surface area contributed by atoms with Gasteiger partial charge in [0.1, 0.15) is 5.82 Å². The van der Waals surface area contributed by atoms with Crippen LogP contribution in [0.4, 0.5) is 4.39 Å². The lowest BCUT2D eigenvalue weighted by Gasteiger charge is -2.11. The number of aliphatic hydroxyl groups excluding tert-OH is 1. The summed E-state index contributed by atoms with van der Waals surface area (Å²) >= 11 is 0. The van der Waals surface area contributed by atoms with Gasteiger partial charge in [0.2, 0.25) is 0 Å². The normalized spacial score (nSPS) is 10.1. The lowest BCUT2D eigenvalue weighted by Crippen LogP contribution is -2.31. The summed E-state index contributed by atoms with van der Waals surface area (Å²) in [4.78, 5) is 14.0. The van der Waals surface area contributed by atoms with Crippen molar-refractivity contribution in [2.75, 3.05) is 33.8 Å². The van der Waals surface area contributed by atoms with Crippen LogP contribution in [0.5, 0.6) is 0 Å². The Hall–Kier alpha value is -1.90. The van der Waals surface area contributed by atoms with Gasteiger partial charge in [0.15, 0.2) is 0 Å². The number of nitrogens with one attached hydrogen (secondary N) is 1. The summed E-state index contributed by atoms with van der Waals surface area (Å²) in [5.41, 5.74) is 0.677. The van der Waals surface area contributed by atoms with E-state index in [1.807, 2.05) is 19.0 Å². The Morgan fingerprint density at radius 2 is 2.20 bits per heavy atom. The summed E-state index contributed by atoms with van der Waals surface area (Å²) < 4.78 is 13.2. The van der Waals surface area contributed by atoms with E-state index in [9.17, 15) is 9.18 Å². The van der Waals surface area contributed by atoms with Gasteiger partial charge >= 0.3 is 0 Å². The molecule has 0 radical (unpaired) electrons. The third-order valence-electron chi connectivity index (χ3n) is 2.53. The highest BCUT2D eigenvalue weighted by molar-refractivity contribution is 5.96. The van der Waals surface area contributed by atoms with E-state index in [1.54, 1.807) is 0 Å². The first kappa shape index (κ1) is 16.2. The van der Waals surface area contributed by atoms with E-state index in [1.165, 1.54) is 18.2 Å². The summed E-state index contributed by atoms with van der Waals surface area (Å²) in [6, 6.07) is 3.88. The molecule has 1 rings (SSSR count). The first-order valence-corrected chi connectivity index (χ1v) is 6.37. The summed E-state index contributed by atoms with van der Waals surface area (Å²) in [7, 11) is 3.83. The minimum Gasteiger partial charge on any atom is -0.395 e. The van der Waals surface area contributed by atoms with E-state index in [0.717, 1.165) is 6.54 Å². The van der Waals surface area contributed by atoms with Crippen LogP contribution >= 0.6 is 0 Å². The highest BCUT2D eigenvalue weighted by Gasteiger charge is 2.10. The van der Waals surface area contributed by atoms with Crippen LogP contribution in [-0.4, -0.2) is 49.7 Å². The Morgan fingerprint density at radius 3 is 2.85 bits per heavy atom. The van der Waals surface area contributed by atoms with Crippen LogP contribution in [0.2, 0.25) is 0 Å². The maximum Gasteiger partial charge on any atom is 0.252 e. The molecule has 0 saturated carbocycles. The molecular formula is C15H19FN2O2. The van der Waals surface area contributed by atoms with Crippen molar-refractivity contribution in [2.45, 2.75) is 6.42 Å². The second-order valence-electron chi connectivity index (χ2n) is 4.52. The molecule has 0 aliphatic carbocycles. The van der Waals surface area contributed by atoms with E-state index < -0.39 is 5.82 Å². The van der Waals surface area contributed by atoms with Gasteiger partial charge in [-0.15, -0.1) is 0 Å². The Bertz CT molecular complexity index is 518. The average Bonchev–Trinajstić information content (AvgIpc) is 2.38. The molecule has 1 amide bonds. The molecular weight excluding hydrogens is 259 g/mol. The second kappa shape index (κ2) is 8.31. The molecule has 2 N–H and O–H groups in total. The molecule has 0 saturated heterocycles. The van der Waals surface area contributed by atoms with Gasteiger partial charge in [0.25, 0.3) is 5.91 Å². The van der Waals surface area contributed by atoms with Crippen LogP contribution in [0.15, 0.2) is 18.2 Å². The lowest BCUT2D eigenvalue weighted by atomic mass is 10.1. The van der Waals surface area contributed by atoms with E-state index in [4.69, 9.17) is 5.11 Å². The Morgan fingerprint density at radius 1 is 1.45 bits per heavy atom. The smallest absolute Gasteiger partial charge is 0.252 e. The third-order valence-corrected chi connectivity index (χ3v) is 2.53. The van der Waals surface area contributed by atoms with Crippen molar-refractivity contribution in [2.24, 2.45) is 0 Å². The molecule has 5 heteroatoms. The molecule has 0 aliphatic heterocycles. The van der Waals surface area contributed by atoms with Crippen LogP contribution in [0.1, 0.15) is 22.3 Å². The molecule has 0 heterocycles. The number of carbonyl (C=O) groups is 1. The number of rotatable bonds is 5. The number of hydrogen-bond donors (Lipinski definition) is 2. The summed E-state index contributed by atoms with van der Waals surface area (Å²) in [5.74, 6) is 4.69. The maximum atomic E-state index is 13.2. The van der Waals surface area contributed by atoms with Crippen LogP contribution in [-0.2, 0) is 0 Å². The zero-order valence-electron chi connectivity index (χ0n) is 11.7. The minimum atomic E-state index is -0.442. The number of amides is 1. The average molecular weight is 278 g/mol. The fourth-order valence-electron chi connectivity index (χ4n) is 1.52. The van der Waals surface area contributed by atoms with Gasteiger partial charge in [-0.2, -0.15) is 0 Å². The predicted octanol–water partition coefficient (Wildman–Crippen LogP) is 0.851. The molecule has 4 nitrogen and oxygen atoms in total. The Balaban J connectivity index is 2.83. The largest absolute Gasteiger partial charge is 0.395 e. The highest BCUT2D eigenvalue weighted by Crippen LogP contribution is 2.10. The van der Waals surface area contributed by atoms with E-state index in [-0.39, 0.29) is 18.9 Å². The molecule has 1 aromatic carbocycles. The fraction of sp³-hybridized carbons (Fsp3) is 0.400. The number of benzene rings is 1. The molecule has 1 aromatic rings. The van der Waals surface area contributed by atoms with Crippen molar-refractivity contribution >= 4 is 5.91 Å². The summed E-state index contributed by atoms with van der Waals surface area (Å²) in [6.07, 6.45) is 0.290. The first-order valence-electron chi connectivity index (χ1n) is 6.37. The monoisotopic (exact) mass is 278 g/mol. The number of nitrogens with zero attached hydrogens (tertiary/aromatic N) is 1. The zero-order valence-corrected chi connectivity index (χ0v) is 11.7. The topological polar surface area (TPSA) is 52.6 Å². The van der Waals surface area contributed by atoms with Crippen molar-refractivity contribution in [3.63, 3.8) is 0 Å². The number of aliphatic hydroxyl groups is 1. The van der Waals surface area contributed by atoms with Crippen molar-refractivity contribution in [1.82, 2.24) is 10.2 Å². The number of carbonyl (C=O) groups excluding carboxylic acids is 1. The van der Waals surface area contributed by atoms with Gasteiger partial charge in [-0.05, 0) is 32.3 Å². The second-order valence-corrected chi connectivity index (χ2v) is 4.52. The van der Waals surface area contributed by atoms with Gasteiger partial charge < -0.3 is 15.3 Å². The molecule has 0 unspecified atom stereocenters. The maximum absolute atomic E-state index is 13.2. The van der Waals surface area contributed by atoms with E-state index in [0.29, 0.717) is 17.7 Å². The summed E-state index contributed by atoms with van der Waals surface area (Å²) in [6.45, 7) is 1.16. The molecule has 0 fully saturated rings. The third kappa shape index (κ3) is 5.39. The van der Waals surface area contributed by atoms with Crippen LogP contribution < -0.4 is 5.32 Å². The van der Waals surface area contributed by atoms with E-state index in [2.05, 4.69) is 17.2 Å².